The maximum Gasteiger partial charge on any atom is 0.308 e. The Morgan fingerprint density at radius 2 is 2.00 bits per heavy atom. The third kappa shape index (κ3) is 2.72. The number of hydrogen-bond donors (Lipinski definition) is 1. The van der Waals surface area contributed by atoms with Crippen LogP contribution in [-0.4, -0.2) is 14.7 Å². The van der Waals surface area contributed by atoms with E-state index in [1.54, 1.807) is 4.57 Å². The monoisotopic (exact) mass is 316 g/mol. The van der Waals surface area contributed by atoms with E-state index in [0.717, 1.165) is 21.7 Å². The minimum absolute atomic E-state index is 0.0120. The van der Waals surface area contributed by atoms with Crippen LogP contribution in [0.5, 0.6) is 0 Å². The first-order valence-corrected chi connectivity index (χ1v) is 7.69. The van der Waals surface area contributed by atoms with E-state index in [1.165, 1.54) is 11.3 Å². The summed E-state index contributed by atoms with van der Waals surface area (Å²) in [5.74, 6) is 0.928. The number of benzene rings is 1. The number of nitrogens with two attached hydrogens (primary N) is 1. The zero-order valence-electron chi connectivity index (χ0n) is 12.4. The van der Waals surface area contributed by atoms with E-state index in [9.17, 15) is 4.79 Å². The molecule has 0 atom stereocenters. The van der Waals surface area contributed by atoms with Crippen LogP contribution in [0.2, 0.25) is 0 Å². The van der Waals surface area contributed by atoms with Gasteiger partial charge in [-0.2, -0.15) is 4.98 Å². The van der Waals surface area contributed by atoms with Crippen LogP contribution in [0.1, 0.15) is 22.0 Å². The summed E-state index contributed by atoms with van der Waals surface area (Å²) >= 11 is 1.23. The highest BCUT2D eigenvalue weighted by Crippen LogP contribution is 2.17. The predicted octanol–water partition coefficient (Wildman–Crippen LogP) is 2.08. The van der Waals surface area contributed by atoms with Gasteiger partial charge in [-0.05, 0) is 19.4 Å². The molecule has 0 aliphatic carbocycles. The number of aromatic nitrogens is 3. The van der Waals surface area contributed by atoms with Gasteiger partial charge in [-0.25, -0.2) is 0 Å². The molecule has 2 N–H and O–H groups in total. The van der Waals surface area contributed by atoms with Gasteiger partial charge >= 0.3 is 4.87 Å². The minimum atomic E-state index is -0.0120. The molecular weight excluding hydrogens is 300 g/mol. The van der Waals surface area contributed by atoms with Crippen molar-refractivity contribution in [1.29, 1.82) is 0 Å². The molecule has 0 saturated carbocycles. The number of hydrogen-bond acceptors (Lipinski definition) is 6. The van der Waals surface area contributed by atoms with Crippen LogP contribution in [0.3, 0.4) is 0 Å². The van der Waals surface area contributed by atoms with Crippen molar-refractivity contribution < 1.29 is 4.52 Å². The van der Waals surface area contributed by atoms with Gasteiger partial charge in [-0.3, -0.25) is 9.36 Å². The molecule has 0 unspecified atom stereocenters. The molecule has 2 aromatic heterocycles. The van der Waals surface area contributed by atoms with E-state index in [-0.39, 0.29) is 4.87 Å². The molecule has 0 saturated heterocycles. The van der Waals surface area contributed by atoms with Gasteiger partial charge in [-0.15, -0.1) is 0 Å². The van der Waals surface area contributed by atoms with Crippen LogP contribution in [0.15, 0.2) is 33.6 Å². The van der Waals surface area contributed by atoms with Crippen molar-refractivity contribution in [2.45, 2.75) is 26.9 Å². The van der Waals surface area contributed by atoms with E-state index in [1.807, 2.05) is 38.1 Å². The lowest BCUT2D eigenvalue weighted by Crippen LogP contribution is -2.15. The highest BCUT2D eigenvalue weighted by Gasteiger charge is 2.13. The first-order chi connectivity index (χ1) is 10.6. The average molecular weight is 316 g/mol. The first-order valence-electron chi connectivity index (χ1n) is 6.87. The van der Waals surface area contributed by atoms with Gasteiger partial charge in [0, 0.05) is 22.7 Å². The zero-order valence-corrected chi connectivity index (χ0v) is 13.2. The minimum Gasteiger partial charge on any atom is -0.337 e. The molecule has 0 amide bonds. The van der Waals surface area contributed by atoms with Gasteiger partial charge in [0.2, 0.25) is 11.7 Å². The Bertz CT molecular complexity index is 845. The molecule has 3 rings (SSSR count). The smallest absolute Gasteiger partial charge is 0.308 e. The molecule has 0 fully saturated rings. The summed E-state index contributed by atoms with van der Waals surface area (Å²) in [6, 6.07) is 7.68. The lowest BCUT2D eigenvalue weighted by atomic mass is 10.1. The molecule has 0 bridgehead atoms. The molecule has 0 spiro atoms. The average Bonchev–Trinajstić information content (AvgIpc) is 3.08. The summed E-state index contributed by atoms with van der Waals surface area (Å²) in [6.45, 7) is 4.63. The van der Waals surface area contributed by atoms with Gasteiger partial charge in [0.15, 0.2) is 0 Å². The summed E-state index contributed by atoms with van der Waals surface area (Å²) in [7, 11) is 0. The van der Waals surface area contributed by atoms with Crippen molar-refractivity contribution in [3.8, 4) is 11.4 Å². The molecule has 0 aliphatic heterocycles. The number of rotatable bonds is 4. The van der Waals surface area contributed by atoms with Gasteiger partial charge < -0.3 is 10.3 Å². The quantitative estimate of drug-likeness (QED) is 0.796. The molecule has 114 valence electrons. The van der Waals surface area contributed by atoms with Crippen molar-refractivity contribution in [2.75, 3.05) is 0 Å². The maximum atomic E-state index is 11.9. The predicted molar refractivity (Wildman–Crippen MR) is 84.8 cm³/mol. The second kappa shape index (κ2) is 5.86. The van der Waals surface area contributed by atoms with Crippen LogP contribution in [0.25, 0.3) is 11.4 Å². The van der Waals surface area contributed by atoms with Gasteiger partial charge in [-0.1, -0.05) is 40.8 Å². The van der Waals surface area contributed by atoms with E-state index in [0.29, 0.717) is 24.8 Å². The molecule has 3 aromatic rings. The highest BCUT2D eigenvalue weighted by molar-refractivity contribution is 7.09. The summed E-state index contributed by atoms with van der Waals surface area (Å²) in [5.41, 5.74) is 8.41. The second-order valence-corrected chi connectivity index (χ2v) is 6.17. The van der Waals surface area contributed by atoms with Gasteiger partial charge in [0.25, 0.3) is 0 Å². The normalized spacial score (nSPS) is 11.0. The maximum absolute atomic E-state index is 11.9. The van der Waals surface area contributed by atoms with Crippen LogP contribution in [0.4, 0.5) is 0 Å². The summed E-state index contributed by atoms with van der Waals surface area (Å²) < 4.78 is 6.91. The SMILES string of the molecule is Cc1sc(=O)n(Cc2nc(-c3ccc(CN)cc3)no2)c1C. The van der Waals surface area contributed by atoms with Crippen LogP contribution >= 0.6 is 11.3 Å². The lowest BCUT2D eigenvalue weighted by molar-refractivity contribution is 0.370. The standard InChI is InChI=1S/C15H16N4O2S/c1-9-10(2)22-15(20)19(9)8-13-17-14(18-21-13)12-5-3-11(7-16)4-6-12/h3-6H,7-8,16H2,1-2H3. The van der Waals surface area contributed by atoms with Crippen molar-refractivity contribution >= 4 is 11.3 Å². The van der Waals surface area contributed by atoms with Crippen molar-refractivity contribution in [1.82, 2.24) is 14.7 Å². The fourth-order valence-electron chi connectivity index (χ4n) is 2.13. The molecule has 2 heterocycles. The topological polar surface area (TPSA) is 86.9 Å². The van der Waals surface area contributed by atoms with E-state index in [4.69, 9.17) is 10.3 Å². The number of nitrogens with zero attached hydrogens (tertiary/aromatic N) is 3. The Morgan fingerprint density at radius 1 is 1.27 bits per heavy atom. The Kier molecular flexibility index (Phi) is 3.91. The fourth-order valence-corrected chi connectivity index (χ4v) is 2.96. The van der Waals surface area contributed by atoms with Crippen LogP contribution < -0.4 is 10.6 Å². The number of aryl methyl sites for hydroxylation is 1. The van der Waals surface area contributed by atoms with Crippen molar-refractivity contribution in [3.63, 3.8) is 0 Å². The molecule has 6 nitrogen and oxygen atoms in total. The van der Waals surface area contributed by atoms with E-state index in [2.05, 4.69) is 10.1 Å². The molecular formula is C15H16N4O2S. The molecule has 0 aliphatic rings. The highest BCUT2D eigenvalue weighted by atomic mass is 32.1. The molecule has 0 radical (unpaired) electrons. The molecule has 1 aromatic carbocycles. The fraction of sp³-hybridized carbons (Fsp3) is 0.267. The van der Waals surface area contributed by atoms with Gasteiger partial charge in [0.1, 0.15) is 6.54 Å². The number of thiazole rings is 1. The van der Waals surface area contributed by atoms with Crippen molar-refractivity contribution in [3.05, 3.63) is 56.0 Å². The third-order valence-corrected chi connectivity index (χ3v) is 4.58. The molecule has 22 heavy (non-hydrogen) atoms. The van der Waals surface area contributed by atoms with E-state index >= 15 is 0 Å². The first kappa shape index (κ1) is 14.7. The zero-order chi connectivity index (χ0) is 15.7. The Balaban J connectivity index is 1.85. The van der Waals surface area contributed by atoms with Crippen LogP contribution in [0, 0.1) is 13.8 Å². The van der Waals surface area contributed by atoms with Crippen LogP contribution in [-0.2, 0) is 13.1 Å². The summed E-state index contributed by atoms with van der Waals surface area (Å²) in [4.78, 5) is 17.2. The second-order valence-electron chi connectivity index (χ2n) is 5.01. The Labute approximate surface area is 131 Å². The largest absolute Gasteiger partial charge is 0.337 e. The van der Waals surface area contributed by atoms with Crippen molar-refractivity contribution in [2.24, 2.45) is 5.73 Å². The Hall–Kier alpha value is -2.25. The third-order valence-electron chi connectivity index (χ3n) is 3.58. The van der Waals surface area contributed by atoms with Gasteiger partial charge in [0.05, 0.1) is 0 Å². The summed E-state index contributed by atoms with van der Waals surface area (Å²) in [6.07, 6.45) is 0. The Morgan fingerprint density at radius 3 is 2.59 bits per heavy atom. The van der Waals surface area contributed by atoms with E-state index < -0.39 is 0 Å². The molecule has 7 heteroatoms. The summed E-state index contributed by atoms with van der Waals surface area (Å²) in [5, 5.41) is 3.97. The lowest BCUT2D eigenvalue weighted by Gasteiger charge is -2.00.